The molecule has 0 spiro atoms. The maximum Gasteiger partial charge on any atom is 0.0317 e. The van der Waals surface area contributed by atoms with Crippen LogP contribution in [0.5, 0.6) is 0 Å². The van der Waals surface area contributed by atoms with E-state index in [4.69, 9.17) is 5.73 Å². The minimum Gasteiger partial charge on any atom is -0.399 e. The standard InChI is InChI=1S/C18H22N2.ClH/c19-18-8-4-7-16(12-18)13-20-10-9-17(14-20)11-15-5-2-1-3-6-15;/h1-8,12,17H,9-11,13-14,19H2;1H. The van der Waals surface area contributed by atoms with Gasteiger partial charge in [-0.15, -0.1) is 12.4 Å². The van der Waals surface area contributed by atoms with Crippen LogP contribution in [0.4, 0.5) is 5.69 Å². The highest BCUT2D eigenvalue weighted by Gasteiger charge is 2.22. The fraction of sp³-hybridized carbons (Fsp3) is 0.333. The summed E-state index contributed by atoms with van der Waals surface area (Å²) in [6, 6.07) is 19.1. The van der Waals surface area contributed by atoms with Gasteiger partial charge in [0.15, 0.2) is 0 Å². The zero-order chi connectivity index (χ0) is 13.8. The Morgan fingerprint density at radius 3 is 2.52 bits per heavy atom. The van der Waals surface area contributed by atoms with Gasteiger partial charge in [0.2, 0.25) is 0 Å². The maximum atomic E-state index is 5.84. The summed E-state index contributed by atoms with van der Waals surface area (Å²) < 4.78 is 0. The fourth-order valence-corrected chi connectivity index (χ4v) is 3.12. The third-order valence-corrected chi connectivity index (χ3v) is 4.09. The van der Waals surface area contributed by atoms with Gasteiger partial charge in [-0.1, -0.05) is 42.5 Å². The van der Waals surface area contributed by atoms with E-state index in [1.165, 1.54) is 37.1 Å². The van der Waals surface area contributed by atoms with E-state index in [2.05, 4.69) is 47.4 Å². The number of hydrogen-bond donors (Lipinski definition) is 1. The van der Waals surface area contributed by atoms with Gasteiger partial charge in [-0.2, -0.15) is 0 Å². The van der Waals surface area contributed by atoms with Crippen molar-refractivity contribution in [2.24, 2.45) is 5.92 Å². The van der Waals surface area contributed by atoms with Gasteiger partial charge in [0, 0.05) is 18.8 Å². The van der Waals surface area contributed by atoms with E-state index in [0.29, 0.717) is 0 Å². The van der Waals surface area contributed by atoms with Crippen LogP contribution in [0.1, 0.15) is 17.5 Å². The molecule has 2 aromatic rings. The van der Waals surface area contributed by atoms with E-state index in [1.807, 2.05) is 12.1 Å². The largest absolute Gasteiger partial charge is 0.399 e. The Labute approximate surface area is 133 Å². The molecule has 2 nitrogen and oxygen atoms in total. The van der Waals surface area contributed by atoms with E-state index in [1.54, 1.807) is 0 Å². The third-order valence-electron chi connectivity index (χ3n) is 4.09. The Morgan fingerprint density at radius 2 is 1.76 bits per heavy atom. The van der Waals surface area contributed by atoms with Gasteiger partial charge >= 0.3 is 0 Å². The minimum absolute atomic E-state index is 0. The van der Waals surface area contributed by atoms with Crippen molar-refractivity contribution in [3.05, 3.63) is 65.7 Å². The van der Waals surface area contributed by atoms with Crippen LogP contribution in [-0.4, -0.2) is 18.0 Å². The molecule has 2 N–H and O–H groups in total. The van der Waals surface area contributed by atoms with Crippen molar-refractivity contribution in [1.29, 1.82) is 0 Å². The van der Waals surface area contributed by atoms with Crippen LogP contribution in [-0.2, 0) is 13.0 Å². The molecule has 1 atom stereocenters. The summed E-state index contributed by atoms with van der Waals surface area (Å²) in [5, 5.41) is 0. The Kier molecular flexibility index (Phi) is 5.66. The molecule has 3 heteroatoms. The van der Waals surface area contributed by atoms with Crippen molar-refractivity contribution in [2.45, 2.75) is 19.4 Å². The van der Waals surface area contributed by atoms with Crippen LogP contribution in [0.15, 0.2) is 54.6 Å². The molecule has 1 unspecified atom stereocenters. The molecule has 1 aliphatic rings. The summed E-state index contributed by atoms with van der Waals surface area (Å²) in [5.74, 6) is 0.790. The molecule has 0 saturated carbocycles. The molecular formula is C18H23ClN2. The smallest absolute Gasteiger partial charge is 0.0317 e. The van der Waals surface area contributed by atoms with Crippen molar-refractivity contribution in [1.82, 2.24) is 4.90 Å². The molecule has 3 rings (SSSR count). The summed E-state index contributed by atoms with van der Waals surface area (Å²) in [6.45, 7) is 3.42. The number of benzene rings is 2. The predicted octanol–water partition coefficient (Wildman–Crippen LogP) is 3.76. The van der Waals surface area contributed by atoms with Crippen molar-refractivity contribution >= 4 is 18.1 Å². The number of halogens is 1. The molecule has 0 aromatic heterocycles. The zero-order valence-electron chi connectivity index (χ0n) is 12.2. The lowest BCUT2D eigenvalue weighted by atomic mass is 9.99. The third kappa shape index (κ3) is 4.48. The van der Waals surface area contributed by atoms with Gasteiger partial charge in [-0.3, -0.25) is 4.90 Å². The second-order valence-electron chi connectivity index (χ2n) is 5.82. The summed E-state index contributed by atoms with van der Waals surface area (Å²) in [5.41, 5.74) is 9.49. The first kappa shape index (κ1) is 15.9. The summed E-state index contributed by atoms with van der Waals surface area (Å²) in [6.07, 6.45) is 2.51. The molecule has 0 bridgehead atoms. The first-order valence-electron chi connectivity index (χ1n) is 7.40. The molecule has 0 amide bonds. The quantitative estimate of drug-likeness (QED) is 0.872. The lowest BCUT2D eigenvalue weighted by molar-refractivity contribution is 0.316. The number of nitrogens with two attached hydrogens (primary N) is 1. The Balaban J connectivity index is 0.00000161. The molecule has 2 aromatic carbocycles. The molecule has 112 valence electrons. The first-order chi connectivity index (χ1) is 9.79. The van der Waals surface area contributed by atoms with Gasteiger partial charge in [-0.05, 0) is 48.6 Å². The number of nitrogens with zero attached hydrogens (tertiary/aromatic N) is 1. The normalized spacial score (nSPS) is 18.4. The number of nitrogen functional groups attached to an aromatic ring is 1. The van der Waals surface area contributed by atoms with Crippen molar-refractivity contribution < 1.29 is 0 Å². The minimum atomic E-state index is 0. The second-order valence-corrected chi connectivity index (χ2v) is 5.82. The summed E-state index contributed by atoms with van der Waals surface area (Å²) in [7, 11) is 0. The lowest BCUT2D eigenvalue weighted by Crippen LogP contribution is -2.20. The van der Waals surface area contributed by atoms with E-state index in [-0.39, 0.29) is 12.4 Å². The number of rotatable bonds is 4. The Bertz CT molecular complexity index is 556. The monoisotopic (exact) mass is 302 g/mol. The van der Waals surface area contributed by atoms with Gasteiger partial charge in [0.25, 0.3) is 0 Å². The van der Waals surface area contributed by atoms with E-state index in [9.17, 15) is 0 Å². The molecular weight excluding hydrogens is 280 g/mol. The molecule has 1 heterocycles. The number of hydrogen-bond acceptors (Lipinski definition) is 2. The van der Waals surface area contributed by atoms with E-state index >= 15 is 0 Å². The average molecular weight is 303 g/mol. The van der Waals surface area contributed by atoms with Gasteiger partial charge in [0.1, 0.15) is 0 Å². The van der Waals surface area contributed by atoms with Crippen LogP contribution in [0, 0.1) is 5.92 Å². The highest BCUT2D eigenvalue weighted by molar-refractivity contribution is 5.85. The SMILES string of the molecule is Cl.Nc1cccc(CN2CCC(Cc3ccccc3)C2)c1. The first-order valence-corrected chi connectivity index (χ1v) is 7.40. The Morgan fingerprint density at radius 1 is 1.00 bits per heavy atom. The molecule has 1 aliphatic heterocycles. The van der Waals surface area contributed by atoms with Crippen LogP contribution in [0.2, 0.25) is 0 Å². The fourth-order valence-electron chi connectivity index (χ4n) is 3.12. The van der Waals surface area contributed by atoms with Gasteiger partial charge < -0.3 is 5.73 Å². The maximum absolute atomic E-state index is 5.84. The summed E-state index contributed by atoms with van der Waals surface area (Å²) in [4.78, 5) is 2.54. The summed E-state index contributed by atoms with van der Waals surface area (Å²) >= 11 is 0. The molecule has 21 heavy (non-hydrogen) atoms. The topological polar surface area (TPSA) is 29.3 Å². The molecule has 0 aliphatic carbocycles. The molecule has 1 saturated heterocycles. The Hall–Kier alpha value is -1.51. The molecule has 0 radical (unpaired) electrons. The van der Waals surface area contributed by atoms with E-state index < -0.39 is 0 Å². The van der Waals surface area contributed by atoms with Gasteiger partial charge in [-0.25, -0.2) is 0 Å². The van der Waals surface area contributed by atoms with E-state index in [0.717, 1.165) is 18.2 Å². The van der Waals surface area contributed by atoms with Crippen LogP contribution in [0.25, 0.3) is 0 Å². The predicted molar refractivity (Wildman–Crippen MR) is 91.6 cm³/mol. The second kappa shape index (κ2) is 7.48. The lowest BCUT2D eigenvalue weighted by Gasteiger charge is -2.16. The number of anilines is 1. The highest BCUT2D eigenvalue weighted by atomic mass is 35.5. The molecule has 1 fully saturated rings. The van der Waals surface area contributed by atoms with Crippen molar-refractivity contribution in [3.63, 3.8) is 0 Å². The van der Waals surface area contributed by atoms with Crippen LogP contribution < -0.4 is 5.73 Å². The van der Waals surface area contributed by atoms with Gasteiger partial charge in [0.05, 0.1) is 0 Å². The average Bonchev–Trinajstić information content (AvgIpc) is 2.87. The van der Waals surface area contributed by atoms with Crippen LogP contribution >= 0.6 is 12.4 Å². The van der Waals surface area contributed by atoms with Crippen LogP contribution in [0.3, 0.4) is 0 Å². The number of likely N-dealkylation sites (tertiary alicyclic amines) is 1. The zero-order valence-corrected chi connectivity index (χ0v) is 13.1. The highest BCUT2D eigenvalue weighted by Crippen LogP contribution is 2.22. The van der Waals surface area contributed by atoms with Crippen molar-refractivity contribution in [3.8, 4) is 0 Å². The van der Waals surface area contributed by atoms with Crippen molar-refractivity contribution in [2.75, 3.05) is 18.8 Å².